The van der Waals surface area contributed by atoms with Gasteiger partial charge in [-0.15, -0.1) is 0 Å². The number of rotatable bonds is 6. The highest BCUT2D eigenvalue weighted by Crippen LogP contribution is 2.30. The van der Waals surface area contributed by atoms with Gasteiger partial charge >= 0.3 is 0 Å². The minimum atomic E-state index is 0.186. The molecule has 2 aromatic carbocycles. The van der Waals surface area contributed by atoms with Crippen molar-refractivity contribution in [1.29, 1.82) is 0 Å². The lowest BCUT2D eigenvalue weighted by Gasteiger charge is -2.17. The molecule has 21 heavy (non-hydrogen) atoms. The van der Waals surface area contributed by atoms with Crippen molar-refractivity contribution in [2.75, 3.05) is 14.2 Å². The molecule has 0 radical (unpaired) electrons. The summed E-state index contributed by atoms with van der Waals surface area (Å²) in [5, 5.41) is 12.5. The third-order valence-electron chi connectivity index (χ3n) is 3.45. The number of nitrogens with one attached hydrogen (secondary N) is 1. The quantitative estimate of drug-likeness (QED) is 0.856. The highest BCUT2D eigenvalue weighted by atomic mass is 16.5. The molecule has 0 aromatic heterocycles. The van der Waals surface area contributed by atoms with Gasteiger partial charge in [-0.3, -0.25) is 0 Å². The van der Waals surface area contributed by atoms with Crippen LogP contribution in [0, 0.1) is 0 Å². The van der Waals surface area contributed by atoms with E-state index in [9.17, 15) is 5.11 Å². The van der Waals surface area contributed by atoms with Crippen LogP contribution in [-0.2, 0) is 6.61 Å². The highest BCUT2D eigenvalue weighted by molar-refractivity contribution is 5.42. The minimum absolute atomic E-state index is 0.186. The second kappa shape index (κ2) is 6.99. The van der Waals surface area contributed by atoms with E-state index in [1.807, 2.05) is 37.4 Å². The average Bonchev–Trinajstić information content (AvgIpc) is 2.53. The lowest BCUT2D eigenvalue weighted by Crippen LogP contribution is -2.13. The van der Waals surface area contributed by atoms with E-state index in [4.69, 9.17) is 9.47 Å². The zero-order chi connectivity index (χ0) is 15.2. The van der Waals surface area contributed by atoms with Crippen LogP contribution in [0.2, 0.25) is 0 Å². The Morgan fingerprint density at radius 3 is 2.48 bits per heavy atom. The van der Waals surface area contributed by atoms with E-state index in [-0.39, 0.29) is 11.8 Å². The monoisotopic (exact) mass is 287 g/mol. The molecular formula is C17H21NO3. The average molecular weight is 287 g/mol. The molecule has 0 spiro atoms. The van der Waals surface area contributed by atoms with Gasteiger partial charge in [0.05, 0.1) is 7.11 Å². The molecule has 1 unspecified atom stereocenters. The summed E-state index contributed by atoms with van der Waals surface area (Å²) in [4.78, 5) is 0. The normalized spacial score (nSPS) is 12.0. The van der Waals surface area contributed by atoms with Gasteiger partial charge in [-0.25, -0.2) is 0 Å². The van der Waals surface area contributed by atoms with Crippen LogP contribution in [0.5, 0.6) is 17.2 Å². The number of phenols is 1. The number of benzene rings is 2. The summed E-state index contributed by atoms with van der Waals surface area (Å²) in [5.41, 5.74) is 2.08. The van der Waals surface area contributed by atoms with Gasteiger partial charge in [-0.2, -0.15) is 0 Å². The number of methoxy groups -OCH3 is 1. The summed E-state index contributed by atoms with van der Waals surface area (Å²) >= 11 is 0. The summed E-state index contributed by atoms with van der Waals surface area (Å²) in [7, 11) is 3.55. The van der Waals surface area contributed by atoms with Crippen molar-refractivity contribution < 1.29 is 14.6 Å². The van der Waals surface area contributed by atoms with Crippen molar-refractivity contribution in [1.82, 2.24) is 5.32 Å². The molecule has 4 heteroatoms. The lowest BCUT2D eigenvalue weighted by molar-refractivity contribution is 0.297. The minimum Gasteiger partial charge on any atom is -0.508 e. The van der Waals surface area contributed by atoms with Crippen LogP contribution in [0.4, 0.5) is 0 Å². The maximum Gasteiger partial charge on any atom is 0.128 e. The van der Waals surface area contributed by atoms with Crippen molar-refractivity contribution in [3.63, 3.8) is 0 Å². The van der Waals surface area contributed by atoms with Gasteiger partial charge < -0.3 is 19.9 Å². The van der Waals surface area contributed by atoms with E-state index in [0.29, 0.717) is 6.61 Å². The van der Waals surface area contributed by atoms with E-state index in [1.165, 1.54) is 0 Å². The molecule has 0 fully saturated rings. The fourth-order valence-electron chi connectivity index (χ4n) is 2.03. The van der Waals surface area contributed by atoms with Crippen molar-refractivity contribution in [3.05, 3.63) is 53.6 Å². The third-order valence-corrected chi connectivity index (χ3v) is 3.45. The summed E-state index contributed by atoms with van der Waals surface area (Å²) in [6.45, 7) is 2.52. The first-order chi connectivity index (χ1) is 10.1. The standard InChI is InChI=1S/C17H21NO3/c1-12(18-2)16-9-8-15(20-3)10-17(16)21-11-13-4-6-14(19)7-5-13/h4-10,12,18-19H,11H2,1-3H3. The van der Waals surface area contributed by atoms with E-state index < -0.39 is 0 Å². The second-order valence-corrected chi connectivity index (χ2v) is 4.87. The first-order valence-electron chi connectivity index (χ1n) is 6.90. The van der Waals surface area contributed by atoms with Crippen LogP contribution in [0.1, 0.15) is 24.1 Å². The molecule has 0 saturated heterocycles. The van der Waals surface area contributed by atoms with Crippen LogP contribution < -0.4 is 14.8 Å². The summed E-state index contributed by atoms with van der Waals surface area (Å²) < 4.78 is 11.2. The lowest BCUT2D eigenvalue weighted by atomic mass is 10.1. The van der Waals surface area contributed by atoms with Crippen LogP contribution in [0.25, 0.3) is 0 Å². The zero-order valence-electron chi connectivity index (χ0n) is 12.6. The molecule has 2 rings (SSSR count). The maximum atomic E-state index is 9.29. The molecule has 2 N–H and O–H groups in total. The topological polar surface area (TPSA) is 50.7 Å². The molecule has 0 aliphatic rings. The Bertz CT molecular complexity index is 581. The van der Waals surface area contributed by atoms with Crippen molar-refractivity contribution in [2.24, 2.45) is 0 Å². The zero-order valence-corrected chi connectivity index (χ0v) is 12.6. The van der Waals surface area contributed by atoms with Gasteiger partial charge in [0.15, 0.2) is 0 Å². The molecule has 2 aromatic rings. The molecule has 0 aliphatic carbocycles. The number of hydrogen-bond acceptors (Lipinski definition) is 4. The Morgan fingerprint density at radius 1 is 1.14 bits per heavy atom. The Morgan fingerprint density at radius 2 is 1.86 bits per heavy atom. The number of ether oxygens (including phenoxy) is 2. The molecule has 0 heterocycles. The maximum absolute atomic E-state index is 9.29. The molecular weight excluding hydrogens is 266 g/mol. The second-order valence-electron chi connectivity index (χ2n) is 4.87. The van der Waals surface area contributed by atoms with Gasteiger partial charge in [0, 0.05) is 17.7 Å². The first-order valence-corrected chi connectivity index (χ1v) is 6.90. The van der Waals surface area contributed by atoms with Gasteiger partial charge in [-0.05, 0) is 37.7 Å². The van der Waals surface area contributed by atoms with E-state index in [0.717, 1.165) is 22.6 Å². The SMILES string of the molecule is CNC(C)c1ccc(OC)cc1OCc1ccc(O)cc1. The Hall–Kier alpha value is -2.20. The van der Waals surface area contributed by atoms with Crippen LogP contribution >= 0.6 is 0 Å². The summed E-state index contributed by atoms with van der Waals surface area (Å²) in [6.07, 6.45) is 0. The Labute approximate surface area is 125 Å². The predicted molar refractivity (Wildman–Crippen MR) is 82.9 cm³/mol. The van der Waals surface area contributed by atoms with Gasteiger partial charge in [0.25, 0.3) is 0 Å². The largest absolute Gasteiger partial charge is 0.508 e. The smallest absolute Gasteiger partial charge is 0.128 e. The Kier molecular flexibility index (Phi) is 5.06. The van der Waals surface area contributed by atoms with Crippen molar-refractivity contribution in [2.45, 2.75) is 19.6 Å². The van der Waals surface area contributed by atoms with E-state index >= 15 is 0 Å². The molecule has 1 atom stereocenters. The molecule has 0 aliphatic heterocycles. The summed E-state index contributed by atoms with van der Waals surface area (Å²) in [6, 6.07) is 13.0. The molecule has 0 bridgehead atoms. The fourth-order valence-corrected chi connectivity index (χ4v) is 2.03. The first kappa shape index (κ1) is 15.2. The van der Waals surface area contributed by atoms with E-state index in [1.54, 1.807) is 19.2 Å². The highest BCUT2D eigenvalue weighted by Gasteiger charge is 2.11. The number of phenolic OH excluding ortho intramolecular Hbond substituents is 1. The number of hydrogen-bond donors (Lipinski definition) is 2. The number of aromatic hydroxyl groups is 1. The molecule has 4 nitrogen and oxygen atoms in total. The summed E-state index contributed by atoms with van der Waals surface area (Å²) in [5.74, 6) is 1.82. The van der Waals surface area contributed by atoms with Crippen LogP contribution in [0.3, 0.4) is 0 Å². The fraction of sp³-hybridized carbons (Fsp3) is 0.294. The van der Waals surface area contributed by atoms with E-state index in [2.05, 4.69) is 12.2 Å². The van der Waals surface area contributed by atoms with Gasteiger partial charge in [0.1, 0.15) is 23.9 Å². The molecule has 0 saturated carbocycles. The van der Waals surface area contributed by atoms with Gasteiger partial charge in [-0.1, -0.05) is 18.2 Å². The van der Waals surface area contributed by atoms with Crippen LogP contribution in [-0.4, -0.2) is 19.3 Å². The molecule has 112 valence electrons. The predicted octanol–water partition coefficient (Wildman–Crippen LogP) is 3.26. The van der Waals surface area contributed by atoms with Gasteiger partial charge in [0.2, 0.25) is 0 Å². The third kappa shape index (κ3) is 3.89. The van der Waals surface area contributed by atoms with Crippen LogP contribution in [0.15, 0.2) is 42.5 Å². The van der Waals surface area contributed by atoms with Crippen molar-refractivity contribution >= 4 is 0 Å². The Balaban J connectivity index is 2.18. The molecule has 0 amide bonds. The van der Waals surface area contributed by atoms with Crippen molar-refractivity contribution in [3.8, 4) is 17.2 Å².